The fraction of sp³-hybridized carbons (Fsp3) is 0.147. The Morgan fingerprint density at radius 3 is 2.34 bits per heavy atom. The van der Waals surface area contributed by atoms with E-state index in [1.165, 1.54) is 24.3 Å². The van der Waals surface area contributed by atoms with Crippen molar-refractivity contribution in [1.82, 2.24) is 0 Å². The van der Waals surface area contributed by atoms with E-state index in [1.807, 2.05) is 66.4 Å². The van der Waals surface area contributed by atoms with Crippen LogP contribution in [0.3, 0.4) is 0 Å². The van der Waals surface area contributed by atoms with E-state index in [1.54, 1.807) is 24.3 Å². The lowest BCUT2D eigenvalue weighted by Gasteiger charge is -2.39. The van der Waals surface area contributed by atoms with Crippen molar-refractivity contribution in [2.24, 2.45) is 5.92 Å². The molecule has 3 aliphatic heterocycles. The highest BCUT2D eigenvalue weighted by Crippen LogP contribution is 2.59. The number of carbonyl (C=O) groups excluding carboxylic acids is 3. The van der Waals surface area contributed by atoms with Crippen LogP contribution in [-0.2, 0) is 10.2 Å². The minimum absolute atomic E-state index is 0.221. The number of amides is 1. The van der Waals surface area contributed by atoms with Crippen molar-refractivity contribution < 1.29 is 18.8 Å². The molecule has 4 aromatic rings. The van der Waals surface area contributed by atoms with Gasteiger partial charge in [-0.3, -0.25) is 14.4 Å². The summed E-state index contributed by atoms with van der Waals surface area (Å²) in [6.07, 6.45) is 1.99. The first-order chi connectivity index (χ1) is 19.8. The second kappa shape index (κ2) is 9.25. The summed E-state index contributed by atoms with van der Waals surface area (Å²) < 4.78 is 13.9. The normalized spacial score (nSPS) is 23.9. The fourth-order valence-electron chi connectivity index (χ4n) is 7.00. The molecule has 0 aromatic heterocycles. The molecular weight excluding hydrogens is 539 g/mol. The zero-order valence-corrected chi connectivity index (χ0v) is 22.7. The zero-order chi connectivity index (χ0) is 28.5. The highest BCUT2D eigenvalue weighted by Gasteiger charge is 2.70. The first-order valence-corrected chi connectivity index (χ1v) is 13.8. The molecule has 1 amide bonds. The number of nitrogens with one attached hydrogen (secondary N) is 1. The molecule has 1 N–H and O–H groups in total. The Labute approximate surface area is 241 Å². The molecule has 0 saturated carbocycles. The second-order valence-electron chi connectivity index (χ2n) is 10.7. The molecule has 4 aromatic carbocycles. The summed E-state index contributed by atoms with van der Waals surface area (Å²) in [5, 5.41) is 3.27. The number of nitrogens with zero attached hydrogens (tertiary/aromatic N) is 1. The van der Waals surface area contributed by atoms with Gasteiger partial charge in [-0.2, -0.15) is 0 Å². The maximum absolute atomic E-state index is 14.7. The fourth-order valence-corrected chi connectivity index (χ4v) is 7.23. The van der Waals surface area contributed by atoms with Gasteiger partial charge in [0.15, 0.2) is 11.6 Å². The van der Waals surface area contributed by atoms with Crippen molar-refractivity contribution in [1.29, 1.82) is 0 Å². The lowest BCUT2D eigenvalue weighted by atomic mass is 9.64. The highest BCUT2D eigenvalue weighted by molar-refractivity contribution is 6.34. The molecule has 7 rings (SSSR count). The lowest BCUT2D eigenvalue weighted by Crippen LogP contribution is -2.51. The molecule has 7 heteroatoms. The topological polar surface area (TPSA) is 66.5 Å². The van der Waals surface area contributed by atoms with E-state index < -0.39 is 35.0 Å². The van der Waals surface area contributed by atoms with E-state index in [4.69, 9.17) is 11.6 Å². The molecular formula is C34H24ClFN2O3. The van der Waals surface area contributed by atoms with Crippen LogP contribution in [0.2, 0.25) is 5.02 Å². The van der Waals surface area contributed by atoms with Crippen molar-refractivity contribution in [3.05, 3.63) is 136 Å². The number of anilines is 2. The second-order valence-corrected chi connectivity index (χ2v) is 11.1. The maximum Gasteiger partial charge on any atom is 0.238 e. The Morgan fingerprint density at radius 2 is 1.56 bits per heavy atom. The number of carbonyl (C=O) groups is 3. The molecule has 5 nitrogen and oxygen atoms in total. The molecule has 0 unspecified atom stereocenters. The van der Waals surface area contributed by atoms with Gasteiger partial charge in [0.25, 0.3) is 0 Å². The van der Waals surface area contributed by atoms with E-state index in [2.05, 4.69) is 5.32 Å². The number of Topliss-reactive ketones (excluding diaryl/α,β-unsaturated/α-hetero) is 2. The Morgan fingerprint density at radius 1 is 0.878 bits per heavy atom. The highest BCUT2D eigenvalue weighted by atomic mass is 35.5. The van der Waals surface area contributed by atoms with Crippen LogP contribution in [0.1, 0.15) is 38.8 Å². The van der Waals surface area contributed by atoms with Crippen LogP contribution in [0.5, 0.6) is 0 Å². The Bertz CT molecular complexity index is 1800. The number of ketones is 2. The molecule has 3 heterocycles. The van der Waals surface area contributed by atoms with Crippen molar-refractivity contribution in [2.75, 3.05) is 10.2 Å². The van der Waals surface area contributed by atoms with E-state index >= 15 is 0 Å². The Hall–Kier alpha value is -4.55. The average Bonchev–Trinajstić information content (AvgIpc) is 3.45. The molecule has 0 radical (unpaired) electrons. The molecule has 3 aliphatic rings. The van der Waals surface area contributed by atoms with Gasteiger partial charge in [0.1, 0.15) is 17.3 Å². The van der Waals surface area contributed by atoms with E-state index in [0.29, 0.717) is 11.3 Å². The molecule has 4 atom stereocenters. The van der Waals surface area contributed by atoms with Crippen LogP contribution in [0.25, 0.3) is 5.57 Å². The lowest BCUT2D eigenvalue weighted by molar-refractivity contribution is -0.121. The monoisotopic (exact) mass is 562 g/mol. The first-order valence-electron chi connectivity index (χ1n) is 13.4. The molecule has 202 valence electrons. The van der Waals surface area contributed by atoms with Gasteiger partial charge >= 0.3 is 0 Å². The van der Waals surface area contributed by atoms with Gasteiger partial charge in [-0.25, -0.2) is 4.39 Å². The number of benzene rings is 4. The zero-order valence-electron chi connectivity index (χ0n) is 22.0. The van der Waals surface area contributed by atoms with Gasteiger partial charge in [-0.1, -0.05) is 66.2 Å². The largest absolute Gasteiger partial charge is 0.352 e. The molecule has 1 fully saturated rings. The molecule has 1 saturated heterocycles. The van der Waals surface area contributed by atoms with Crippen molar-refractivity contribution in [2.45, 2.75) is 24.4 Å². The van der Waals surface area contributed by atoms with E-state index in [-0.39, 0.29) is 27.8 Å². The third kappa shape index (κ3) is 3.50. The summed E-state index contributed by atoms with van der Waals surface area (Å²) in [6, 6.07) is 25.3. The molecule has 1 spiro atoms. The number of hydrogen-bond donors (Lipinski definition) is 1. The van der Waals surface area contributed by atoms with Crippen molar-refractivity contribution in [3.8, 4) is 0 Å². The first kappa shape index (κ1) is 25.4. The van der Waals surface area contributed by atoms with Gasteiger partial charge in [-0.05, 0) is 66.6 Å². The average molecular weight is 563 g/mol. The molecule has 0 bridgehead atoms. The summed E-state index contributed by atoms with van der Waals surface area (Å²) in [5.41, 5.74) is 2.91. The summed E-state index contributed by atoms with van der Waals surface area (Å²) in [7, 11) is 0. The smallest absolute Gasteiger partial charge is 0.238 e. The van der Waals surface area contributed by atoms with Crippen LogP contribution in [0.15, 0.2) is 103 Å². The van der Waals surface area contributed by atoms with E-state index in [9.17, 15) is 18.8 Å². The summed E-state index contributed by atoms with van der Waals surface area (Å²) >= 11 is 6.56. The Kier molecular flexibility index (Phi) is 5.73. The van der Waals surface area contributed by atoms with E-state index in [0.717, 1.165) is 16.8 Å². The standard InChI is InChI=1S/C34H24ClFN2O3/c1-19-18-28-34(24-10-4-6-12-26(24)37-33(34)41)29(31(39)20-14-16-21(36)17-15-20)30(32(40)23-9-2-5-11-25(23)35)38(28)27-13-7-3-8-22(19)27/h2-18,28-30H,1H3,(H,37,41)/t28-,29-,30-,34+/m0/s1. The predicted octanol–water partition coefficient (Wildman–Crippen LogP) is 6.73. The number of para-hydroxylation sites is 2. The number of fused-ring (bicyclic) bond motifs is 6. The Balaban J connectivity index is 1.57. The van der Waals surface area contributed by atoms with Gasteiger partial charge in [-0.15, -0.1) is 0 Å². The van der Waals surface area contributed by atoms with Crippen molar-refractivity contribution in [3.63, 3.8) is 0 Å². The van der Waals surface area contributed by atoms with Crippen LogP contribution in [-0.4, -0.2) is 29.6 Å². The van der Waals surface area contributed by atoms with Gasteiger partial charge < -0.3 is 10.2 Å². The minimum atomic E-state index is -1.45. The van der Waals surface area contributed by atoms with Crippen LogP contribution < -0.4 is 10.2 Å². The van der Waals surface area contributed by atoms with Crippen LogP contribution >= 0.6 is 11.6 Å². The van der Waals surface area contributed by atoms with Gasteiger partial charge in [0.05, 0.1) is 17.0 Å². The number of rotatable bonds is 4. The summed E-state index contributed by atoms with van der Waals surface area (Å²) in [5.74, 6) is -2.77. The van der Waals surface area contributed by atoms with Gasteiger partial charge in [0, 0.05) is 28.1 Å². The predicted molar refractivity (Wildman–Crippen MR) is 157 cm³/mol. The minimum Gasteiger partial charge on any atom is -0.352 e. The van der Waals surface area contributed by atoms with Crippen LogP contribution in [0.4, 0.5) is 15.8 Å². The maximum atomic E-state index is 14.7. The number of allylic oxidation sites excluding steroid dienone is 1. The summed E-state index contributed by atoms with van der Waals surface area (Å²) in [6.45, 7) is 1.97. The summed E-state index contributed by atoms with van der Waals surface area (Å²) in [4.78, 5) is 45.7. The number of hydrogen-bond acceptors (Lipinski definition) is 4. The van der Waals surface area contributed by atoms with Gasteiger partial charge in [0.2, 0.25) is 5.91 Å². The molecule has 41 heavy (non-hydrogen) atoms. The number of halogens is 2. The third-order valence-electron chi connectivity index (χ3n) is 8.70. The third-order valence-corrected chi connectivity index (χ3v) is 9.03. The van der Waals surface area contributed by atoms with Crippen molar-refractivity contribution >= 4 is 46.0 Å². The molecule has 0 aliphatic carbocycles. The SMILES string of the molecule is CC1=C[C@@H]2N(c3ccccc31)[C@H](C(=O)c1ccccc1Cl)[C@@H](C(=O)c1ccc(F)cc1)[C@]21C(=O)Nc2ccccc21. The quantitative estimate of drug-likeness (QED) is 0.280. The van der Waals surface area contributed by atoms with Crippen LogP contribution in [0, 0.1) is 11.7 Å².